The van der Waals surface area contributed by atoms with Crippen LogP contribution in [0.5, 0.6) is 0 Å². The minimum atomic E-state index is -1.66. The Morgan fingerprint density at radius 1 is 1.32 bits per heavy atom. The number of nitrogens with one attached hydrogen (secondary N) is 1. The lowest BCUT2D eigenvalue weighted by molar-refractivity contribution is -0.141. The lowest BCUT2D eigenvalue weighted by Gasteiger charge is -2.17. The average molecular weight is 338 g/mol. The second kappa shape index (κ2) is 6.07. The number of rotatable bonds is 4. The number of hydrogen-bond acceptors (Lipinski definition) is 3. The summed E-state index contributed by atoms with van der Waals surface area (Å²) in [6, 6.07) is 0.0849. The molecule has 0 aliphatic rings. The smallest absolute Gasteiger partial charge is 0.328 e. The van der Waals surface area contributed by atoms with Crippen LogP contribution in [0.25, 0.3) is 0 Å². The van der Waals surface area contributed by atoms with Crippen molar-refractivity contribution in [2.24, 2.45) is 0 Å². The molecule has 1 aromatic rings. The van der Waals surface area contributed by atoms with E-state index in [0.717, 1.165) is 19.1 Å². The summed E-state index contributed by atoms with van der Waals surface area (Å²) in [6.45, 7) is 1.13. The van der Waals surface area contributed by atoms with Crippen LogP contribution in [0.4, 0.5) is 8.78 Å². The molecule has 0 fully saturated rings. The molecule has 3 N–H and O–H groups in total. The van der Waals surface area contributed by atoms with Crippen molar-refractivity contribution in [2.75, 3.05) is 0 Å². The van der Waals surface area contributed by atoms with Gasteiger partial charge in [0.05, 0.1) is 6.10 Å². The van der Waals surface area contributed by atoms with Crippen molar-refractivity contribution in [3.05, 3.63) is 33.8 Å². The number of carboxylic acid groups (broad SMARTS) is 1. The Labute approximate surface area is 115 Å². The number of hydrogen-bond donors (Lipinski definition) is 3. The molecule has 0 aromatic heterocycles. The number of benzene rings is 1. The first-order chi connectivity index (χ1) is 8.73. The molecule has 0 spiro atoms. The van der Waals surface area contributed by atoms with E-state index < -0.39 is 41.2 Å². The van der Waals surface area contributed by atoms with Gasteiger partial charge in [-0.05, 0) is 19.1 Å². The molecule has 8 heteroatoms. The number of halogens is 3. The van der Waals surface area contributed by atoms with Crippen LogP contribution in [0.2, 0.25) is 0 Å². The van der Waals surface area contributed by atoms with Gasteiger partial charge in [-0.25, -0.2) is 13.6 Å². The van der Waals surface area contributed by atoms with E-state index >= 15 is 0 Å². The number of carboxylic acids is 1. The maximum atomic E-state index is 13.5. The summed E-state index contributed by atoms with van der Waals surface area (Å²) in [4.78, 5) is 22.4. The van der Waals surface area contributed by atoms with Gasteiger partial charge in [0.15, 0.2) is 6.04 Å². The molecular weight excluding hydrogens is 328 g/mol. The van der Waals surface area contributed by atoms with Crippen LogP contribution in [0.3, 0.4) is 0 Å². The fourth-order valence-corrected chi connectivity index (χ4v) is 1.76. The standard InChI is InChI=1S/C11H10BrF2NO4/c1-4(16)9(11(18)19)15-10(17)8-6(13)2-5(12)3-7(8)14/h2-4,9,16H,1H3,(H,15,17)(H,18,19). The molecule has 19 heavy (non-hydrogen) atoms. The van der Waals surface area contributed by atoms with Gasteiger partial charge in [-0.1, -0.05) is 15.9 Å². The van der Waals surface area contributed by atoms with Gasteiger partial charge in [0, 0.05) is 4.47 Å². The Kier molecular flexibility index (Phi) is 4.96. The SMILES string of the molecule is CC(O)C(NC(=O)c1c(F)cc(Br)cc1F)C(=O)O. The van der Waals surface area contributed by atoms with Crippen molar-refractivity contribution in [2.45, 2.75) is 19.1 Å². The topological polar surface area (TPSA) is 86.6 Å². The average Bonchev–Trinajstić information content (AvgIpc) is 2.23. The number of aliphatic carboxylic acids is 1. The minimum Gasteiger partial charge on any atom is -0.480 e. The fourth-order valence-electron chi connectivity index (χ4n) is 1.36. The third-order valence-electron chi connectivity index (χ3n) is 2.27. The highest BCUT2D eigenvalue weighted by Gasteiger charge is 2.28. The maximum Gasteiger partial charge on any atom is 0.328 e. The molecule has 0 radical (unpaired) electrons. The Hall–Kier alpha value is -1.54. The molecule has 0 aliphatic carbocycles. The van der Waals surface area contributed by atoms with E-state index in [1.807, 2.05) is 5.32 Å². The molecule has 104 valence electrons. The molecule has 0 heterocycles. The van der Waals surface area contributed by atoms with E-state index in [2.05, 4.69) is 15.9 Å². The van der Waals surface area contributed by atoms with Crippen molar-refractivity contribution in [3.8, 4) is 0 Å². The van der Waals surface area contributed by atoms with E-state index in [0.29, 0.717) is 0 Å². The van der Waals surface area contributed by atoms with Gasteiger partial charge in [0.2, 0.25) is 0 Å². The maximum absolute atomic E-state index is 13.5. The summed E-state index contributed by atoms with van der Waals surface area (Å²) < 4.78 is 27.0. The largest absolute Gasteiger partial charge is 0.480 e. The van der Waals surface area contributed by atoms with Gasteiger partial charge in [0.25, 0.3) is 5.91 Å². The zero-order valence-electron chi connectivity index (χ0n) is 9.65. The predicted molar refractivity (Wildman–Crippen MR) is 64.6 cm³/mol. The Balaban J connectivity index is 3.05. The second-order valence-electron chi connectivity index (χ2n) is 3.77. The van der Waals surface area contributed by atoms with Crippen molar-refractivity contribution < 1.29 is 28.6 Å². The van der Waals surface area contributed by atoms with E-state index in [9.17, 15) is 23.5 Å². The molecule has 1 aromatic carbocycles. The third kappa shape index (κ3) is 3.71. The van der Waals surface area contributed by atoms with E-state index in [4.69, 9.17) is 5.11 Å². The summed E-state index contributed by atoms with van der Waals surface area (Å²) in [5.41, 5.74) is -0.907. The minimum absolute atomic E-state index is 0.101. The number of aliphatic hydroxyl groups is 1. The predicted octanol–water partition coefficient (Wildman–Crippen LogP) is 1.29. The fraction of sp³-hybridized carbons (Fsp3) is 0.273. The first-order valence-corrected chi connectivity index (χ1v) is 5.89. The number of carbonyl (C=O) groups excluding carboxylic acids is 1. The molecule has 2 atom stereocenters. The molecule has 0 bridgehead atoms. The highest BCUT2D eigenvalue weighted by Crippen LogP contribution is 2.19. The van der Waals surface area contributed by atoms with Crippen molar-refractivity contribution in [1.29, 1.82) is 0 Å². The molecule has 2 unspecified atom stereocenters. The normalized spacial score (nSPS) is 13.7. The highest BCUT2D eigenvalue weighted by molar-refractivity contribution is 9.10. The first kappa shape index (κ1) is 15.5. The van der Waals surface area contributed by atoms with Crippen LogP contribution < -0.4 is 5.32 Å². The van der Waals surface area contributed by atoms with E-state index in [-0.39, 0.29) is 4.47 Å². The number of carbonyl (C=O) groups is 2. The Morgan fingerprint density at radius 2 is 1.79 bits per heavy atom. The van der Waals surface area contributed by atoms with Crippen molar-refractivity contribution >= 4 is 27.8 Å². The van der Waals surface area contributed by atoms with E-state index in [1.54, 1.807) is 0 Å². The lowest BCUT2D eigenvalue weighted by Crippen LogP contribution is -2.48. The summed E-state index contributed by atoms with van der Waals surface area (Å²) in [6.07, 6.45) is -1.41. The van der Waals surface area contributed by atoms with Crippen LogP contribution in [0.15, 0.2) is 16.6 Å². The van der Waals surface area contributed by atoms with Crippen LogP contribution in [0.1, 0.15) is 17.3 Å². The van der Waals surface area contributed by atoms with Gasteiger partial charge >= 0.3 is 5.97 Å². The molecule has 0 aliphatic heterocycles. The van der Waals surface area contributed by atoms with Crippen molar-refractivity contribution in [3.63, 3.8) is 0 Å². The zero-order chi connectivity index (χ0) is 14.7. The van der Waals surface area contributed by atoms with Crippen molar-refractivity contribution in [1.82, 2.24) is 5.32 Å². The quantitative estimate of drug-likeness (QED) is 0.772. The van der Waals surface area contributed by atoms with Crippen LogP contribution >= 0.6 is 15.9 Å². The summed E-state index contributed by atoms with van der Waals surface area (Å²) in [5.74, 6) is -5.05. The molecule has 0 saturated carbocycles. The number of amides is 1. The van der Waals surface area contributed by atoms with Crippen LogP contribution in [-0.2, 0) is 4.79 Å². The molecular formula is C11H10BrF2NO4. The monoisotopic (exact) mass is 337 g/mol. The third-order valence-corrected chi connectivity index (χ3v) is 2.73. The molecule has 5 nitrogen and oxygen atoms in total. The Bertz CT molecular complexity index is 498. The van der Waals surface area contributed by atoms with Gasteiger partial charge in [-0.15, -0.1) is 0 Å². The Morgan fingerprint density at radius 3 is 2.16 bits per heavy atom. The van der Waals surface area contributed by atoms with Gasteiger partial charge in [-0.3, -0.25) is 4.79 Å². The molecule has 0 saturated heterocycles. The van der Waals surface area contributed by atoms with Gasteiger partial charge in [-0.2, -0.15) is 0 Å². The highest BCUT2D eigenvalue weighted by atomic mass is 79.9. The number of aliphatic hydroxyl groups excluding tert-OH is 1. The summed E-state index contributed by atoms with van der Waals surface area (Å²) in [5, 5.41) is 19.8. The van der Waals surface area contributed by atoms with Crippen LogP contribution in [0, 0.1) is 11.6 Å². The van der Waals surface area contributed by atoms with Gasteiger partial charge in [0.1, 0.15) is 17.2 Å². The first-order valence-electron chi connectivity index (χ1n) is 5.10. The van der Waals surface area contributed by atoms with Gasteiger partial charge < -0.3 is 15.5 Å². The van der Waals surface area contributed by atoms with Crippen LogP contribution in [-0.4, -0.2) is 34.2 Å². The van der Waals surface area contributed by atoms with E-state index in [1.165, 1.54) is 0 Å². The molecule has 1 rings (SSSR count). The zero-order valence-corrected chi connectivity index (χ0v) is 11.2. The summed E-state index contributed by atoms with van der Waals surface area (Å²) >= 11 is 2.85. The second-order valence-corrected chi connectivity index (χ2v) is 4.69. The summed E-state index contributed by atoms with van der Waals surface area (Å²) in [7, 11) is 0. The molecule has 1 amide bonds. The lowest BCUT2D eigenvalue weighted by atomic mass is 10.1.